The normalized spacial score (nSPS) is 10.3. The Kier molecular flexibility index (Phi) is 3.10. The lowest BCUT2D eigenvalue weighted by Gasteiger charge is -2.05. The molecule has 5 heteroatoms. The molecule has 0 spiro atoms. The summed E-state index contributed by atoms with van der Waals surface area (Å²) in [4.78, 5) is 7.77. The molecule has 0 amide bonds. The van der Waals surface area contributed by atoms with Crippen molar-refractivity contribution in [3.8, 4) is 11.1 Å². The van der Waals surface area contributed by atoms with E-state index in [4.69, 9.17) is 34.8 Å². The molecule has 0 N–H and O–H groups in total. The second kappa shape index (κ2) is 4.35. The third kappa shape index (κ3) is 2.07. The number of benzene rings is 1. The van der Waals surface area contributed by atoms with E-state index in [0.717, 1.165) is 5.56 Å². The van der Waals surface area contributed by atoms with Crippen molar-refractivity contribution in [1.29, 1.82) is 0 Å². The maximum Gasteiger partial charge on any atom is 0.140 e. The number of hydrogen-bond donors (Lipinski definition) is 0. The van der Waals surface area contributed by atoms with Crippen LogP contribution in [0.4, 0.5) is 0 Å². The molecule has 1 aromatic carbocycles. The van der Waals surface area contributed by atoms with Crippen molar-refractivity contribution >= 4 is 34.8 Å². The quantitative estimate of drug-likeness (QED) is 0.721. The van der Waals surface area contributed by atoms with Gasteiger partial charge in [-0.15, -0.1) is 0 Å². The van der Waals surface area contributed by atoms with E-state index in [-0.39, 0.29) is 0 Å². The Morgan fingerprint density at radius 3 is 2.53 bits per heavy atom. The molecule has 2 rings (SSSR count). The number of hydrogen-bond acceptors (Lipinski definition) is 2. The summed E-state index contributed by atoms with van der Waals surface area (Å²) in [5.41, 5.74) is 1.40. The van der Waals surface area contributed by atoms with Crippen molar-refractivity contribution in [3.05, 3.63) is 45.9 Å². The fraction of sp³-hybridized carbons (Fsp3) is 0. The van der Waals surface area contributed by atoms with E-state index in [2.05, 4.69) is 9.97 Å². The van der Waals surface area contributed by atoms with Crippen LogP contribution in [0.25, 0.3) is 11.1 Å². The SMILES string of the molecule is Clc1cccc(-c2cncnc2Cl)c1Cl. The maximum atomic E-state index is 6.05. The third-order valence-corrected chi connectivity index (χ3v) is 3.03. The van der Waals surface area contributed by atoms with Gasteiger partial charge in [0.2, 0.25) is 0 Å². The monoisotopic (exact) mass is 258 g/mol. The average Bonchev–Trinajstić information content (AvgIpc) is 2.23. The Morgan fingerprint density at radius 2 is 1.80 bits per heavy atom. The molecule has 0 saturated carbocycles. The van der Waals surface area contributed by atoms with Gasteiger partial charge in [-0.3, -0.25) is 0 Å². The highest BCUT2D eigenvalue weighted by Gasteiger charge is 2.10. The maximum absolute atomic E-state index is 6.05. The van der Waals surface area contributed by atoms with Crippen LogP contribution in [0.2, 0.25) is 15.2 Å². The molecule has 1 aromatic heterocycles. The Hall–Kier alpha value is -0.830. The zero-order valence-corrected chi connectivity index (χ0v) is 9.68. The topological polar surface area (TPSA) is 25.8 Å². The minimum atomic E-state index is 0.356. The average molecular weight is 260 g/mol. The molecule has 0 unspecified atom stereocenters. The van der Waals surface area contributed by atoms with Gasteiger partial charge in [0.1, 0.15) is 11.5 Å². The Morgan fingerprint density at radius 1 is 1.00 bits per heavy atom. The molecule has 1 heterocycles. The molecule has 0 aliphatic carbocycles. The minimum absolute atomic E-state index is 0.356. The molecule has 76 valence electrons. The third-order valence-electron chi connectivity index (χ3n) is 1.91. The highest BCUT2D eigenvalue weighted by Crippen LogP contribution is 2.35. The van der Waals surface area contributed by atoms with Crippen molar-refractivity contribution in [1.82, 2.24) is 9.97 Å². The van der Waals surface area contributed by atoms with E-state index < -0.39 is 0 Å². The fourth-order valence-corrected chi connectivity index (χ4v) is 1.80. The smallest absolute Gasteiger partial charge is 0.140 e. The van der Waals surface area contributed by atoms with Crippen molar-refractivity contribution in [2.45, 2.75) is 0 Å². The van der Waals surface area contributed by atoms with Crippen LogP contribution in [0.1, 0.15) is 0 Å². The van der Waals surface area contributed by atoms with Crippen molar-refractivity contribution in [3.63, 3.8) is 0 Å². The second-order valence-corrected chi connectivity index (χ2v) is 3.97. The fourth-order valence-electron chi connectivity index (χ4n) is 1.21. The second-order valence-electron chi connectivity index (χ2n) is 2.83. The highest BCUT2D eigenvalue weighted by molar-refractivity contribution is 6.44. The van der Waals surface area contributed by atoms with Crippen LogP contribution in [0.3, 0.4) is 0 Å². The van der Waals surface area contributed by atoms with Crippen LogP contribution in [0.15, 0.2) is 30.7 Å². The van der Waals surface area contributed by atoms with Crippen LogP contribution >= 0.6 is 34.8 Å². The van der Waals surface area contributed by atoms with E-state index in [1.54, 1.807) is 18.3 Å². The minimum Gasteiger partial charge on any atom is -0.244 e. The first-order valence-corrected chi connectivity index (χ1v) is 5.23. The standard InChI is InChI=1S/C10H5Cl3N2/c11-8-3-1-2-6(9(8)12)7-4-14-5-15-10(7)13/h1-5H. The molecule has 2 aromatic rings. The predicted octanol–water partition coefficient (Wildman–Crippen LogP) is 4.10. The van der Waals surface area contributed by atoms with Gasteiger partial charge in [0.05, 0.1) is 10.0 Å². The Balaban J connectivity index is 2.65. The molecular weight excluding hydrogens is 254 g/mol. The first kappa shape index (κ1) is 10.7. The van der Waals surface area contributed by atoms with Crippen LogP contribution in [-0.4, -0.2) is 9.97 Å². The Labute approximate surface area is 102 Å². The van der Waals surface area contributed by atoms with Crippen LogP contribution in [0, 0.1) is 0 Å². The van der Waals surface area contributed by atoms with Crippen LogP contribution in [-0.2, 0) is 0 Å². The zero-order chi connectivity index (χ0) is 10.8. The van der Waals surface area contributed by atoms with Gasteiger partial charge < -0.3 is 0 Å². The summed E-state index contributed by atoms with van der Waals surface area (Å²) in [6, 6.07) is 5.33. The molecule has 15 heavy (non-hydrogen) atoms. The summed E-state index contributed by atoms with van der Waals surface area (Å²) in [6.45, 7) is 0. The first-order chi connectivity index (χ1) is 7.20. The van der Waals surface area contributed by atoms with Gasteiger partial charge >= 0.3 is 0 Å². The summed E-state index contributed by atoms with van der Waals surface area (Å²) in [6.07, 6.45) is 2.98. The molecule has 0 aliphatic rings. The number of aromatic nitrogens is 2. The van der Waals surface area contributed by atoms with E-state index in [0.29, 0.717) is 20.8 Å². The molecular formula is C10H5Cl3N2. The van der Waals surface area contributed by atoms with E-state index in [1.165, 1.54) is 6.33 Å². The largest absolute Gasteiger partial charge is 0.244 e. The molecule has 0 radical (unpaired) electrons. The van der Waals surface area contributed by atoms with E-state index >= 15 is 0 Å². The van der Waals surface area contributed by atoms with Crippen molar-refractivity contribution in [2.24, 2.45) is 0 Å². The summed E-state index contributed by atoms with van der Waals surface area (Å²) in [7, 11) is 0. The van der Waals surface area contributed by atoms with Gasteiger partial charge in [-0.05, 0) is 6.07 Å². The van der Waals surface area contributed by atoms with Gasteiger partial charge in [-0.2, -0.15) is 0 Å². The number of nitrogens with zero attached hydrogens (tertiary/aromatic N) is 2. The molecule has 0 aliphatic heterocycles. The van der Waals surface area contributed by atoms with Crippen LogP contribution < -0.4 is 0 Å². The van der Waals surface area contributed by atoms with Gasteiger partial charge in [0.15, 0.2) is 0 Å². The first-order valence-electron chi connectivity index (χ1n) is 4.10. The lowest BCUT2D eigenvalue weighted by atomic mass is 10.1. The summed E-state index contributed by atoms with van der Waals surface area (Å²) in [5, 5.41) is 1.29. The van der Waals surface area contributed by atoms with Gasteiger partial charge in [-0.1, -0.05) is 46.9 Å². The zero-order valence-electron chi connectivity index (χ0n) is 7.42. The summed E-state index contributed by atoms with van der Waals surface area (Å²) >= 11 is 17.9. The molecule has 2 nitrogen and oxygen atoms in total. The van der Waals surface area contributed by atoms with Gasteiger partial charge in [0.25, 0.3) is 0 Å². The summed E-state index contributed by atoms with van der Waals surface area (Å²) < 4.78 is 0. The lowest BCUT2D eigenvalue weighted by Crippen LogP contribution is -1.86. The number of rotatable bonds is 1. The van der Waals surface area contributed by atoms with Gasteiger partial charge in [-0.25, -0.2) is 9.97 Å². The highest BCUT2D eigenvalue weighted by atomic mass is 35.5. The van der Waals surface area contributed by atoms with E-state index in [1.807, 2.05) is 6.07 Å². The van der Waals surface area contributed by atoms with Crippen molar-refractivity contribution in [2.75, 3.05) is 0 Å². The molecule has 0 atom stereocenters. The predicted molar refractivity (Wildman–Crippen MR) is 62.5 cm³/mol. The van der Waals surface area contributed by atoms with Crippen molar-refractivity contribution < 1.29 is 0 Å². The number of halogens is 3. The van der Waals surface area contributed by atoms with E-state index in [9.17, 15) is 0 Å². The molecule has 0 saturated heterocycles. The van der Waals surface area contributed by atoms with Crippen LogP contribution in [0.5, 0.6) is 0 Å². The Bertz CT molecular complexity index is 500. The van der Waals surface area contributed by atoms with Gasteiger partial charge in [0, 0.05) is 17.3 Å². The lowest BCUT2D eigenvalue weighted by molar-refractivity contribution is 1.17. The summed E-state index contributed by atoms with van der Waals surface area (Å²) in [5.74, 6) is 0. The molecule has 0 fully saturated rings. The molecule has 0 bridgehead atoms.